The molecule has 0 unspecified atom stereocenters. The van der Waals surface area contributed by atoms with E-state index in [4.69, 9.17) is 9.47 Å². The molecule has 5 rings (SSSR count). The van der Waals surface area contributed by atoms with Gasteiger partial charge in [-0.05, 0) is 44.0 Å². The molecule has 4 aromatic rings. The Morgan fingerprint density at radius 1 is 1.14 bits per heavy atom. The first-order chi connectivity index (χ1) is 20.6. The number of imidazole rings is 1. The number of amides is 3. The van der Waals surface area contributed by atoms with Gasteiger partial charge in [-0.25, -0.2) is 14.5 Å². The average Bonchev–Trinajstić information content (AvgIpc) is 3.62. The van der Waals surface area contributed by atoms with Crippen molar-refractivity contribution in [2.45, 2.75) is 40.3 Å². The fourth-order valence-corrected chi connectivity index (χ4v) is 5.09. The van der Waals surface area contributed by atoms with Gasteiger partial charge in [0.15, 0.2) is 22.8 Å². The molecule has 13 nitrogen and oxygen atoms in total. The van der Waals surface area contributed by atoms with Crippen molar-refractivity contribution in [3.05, 3.63) is 59.8 Å². The molecule has 13 heteroatoms. The summed E-state index contributed by atoms with van der Waals surface area (Å²) in [6, 6.07) is 8.17. The van der Waals surface area contributed by atoms with Gasteiger partial charge in [0.1, 0.15) is 25.0 Å². The Labute approximate surface area is 249 Å². The van der Waals surface area contributed by atoms with E-state index in [1.807, 2.05) is 56.7 Å². The summed E-state index contributed by atoms with van der Waals surface area (Å²) in [6.07, 6.45) is 3.53. The second-order valence-electron chi connectivity index (χ2n) is 10.8. The van der Waals surface area contributed by atoms with E-state index in [1.165, 1.54) is 4.90 Å². The van der Waals surface area contributed by atoms with Gasteiger partial charge in [-0.15, -0.1) is 0 Å². The Balaban J connectivity index is 1.48. The number of aryl methyl sites for hydroxylation is 2. The highest BCUT2D eigenvalue weighted by Crippen LogP contribution is 2.32. The van der Waals surface area contributed by atoms with Gasteiger partial charge in [-0.2, -0.15) is 5.10 Å². The molecule has 3 amide bonds. The van der Waals surface area contributed by atoms with E-state index in [2.05, 4.69) is 25.7 Å². The maximum Gasteiger partial charge on any atom is 0.275 e. The zero-order chi connectivity index (χ0) is 30.7. The van der Waals surface area contributed by atoms with Crippen LogP contribution in [0, 0.1) is 19.8 Å². The second-order valence-corrected chi connectivity index (χ2v) is 10.8. The Kier molecular flexibility index (Phi) is 8.60. The zero-order valence-corrected chi connectivity index (χ0v) is 25.0. The first-order valence-corrected chi connectivity index (χ1v) is 14.2. The summed E-state index contributed by atoms with van der Waals surface area (Å²) >= 11 is 0. The minimum Gasteiger partial charge on any atom is -0.493 e. The van der Waals surface area contributed by atoms with Gasteiger partial charge in [0.25, 0.3) is 5.91 Å². The Morgan fingerprint density at radius 3 is 2.72 bits per heavy atom. The highest BCUT2D eigenvalue weighted by atomic mass is 16.5. The second kappa shape index (κ2) is 12.5. The van der Waals surface area contributed by atoms with Crippen LogP contribution in [0.15, 0.2) is 42.7 Å². The lowest BCUT2D eigenvalue weighted by Gasteiger charge is -2.25. The van der Waals surface area contributed by atoms with Crippen LogP contribution in [0.3, 0.4) is 0 Å². The molecular formula is C30H36N8O5. The third-order valence-electron chi connectivity index (χ3n) is 7.25. The first-order valence-electron chi connectivity index (χ1n) is 14.2. The number of fused-ring (bicyclic) bond motifs is 5. The highest BCUT2D eigenvalue weighted by Gasteiger charge is 2.28. The largest absolute Gasteiger partial charge is 0.493 e. The maximum atomic E-state index is 13.8. The summed E-state index contributed by atoms with van der Waals surface area (Å²) in [5.41, 5.74) is 3.09. The normalized spacial score (nSPS) is 16.7. The summed E-state index contributed by atoms with van der Waals surface area (Å²) < 4.78 is 15.2. The fourth-order valence-electron chi connectivity index (χ4n) is 5.09. The van der Waals surface area contributed by atoms with Gasteiger partial charge < -0.3 is 29.6 Å². The maximum absolute atomic E-state index is 13.8. The van der Waals surface area contributed by atoms with Gasteiger partial charge >= 0.3 is 0 Å². The van der Waals surface area contributed by atoms with E-state index in [1.54, 1.807) is 30.0 Å². The minimum absolute atomic E-state index is 0.0606. The number of hydrogen-bond donors (Lipinski definition) is 2. The van der Waals surface area contributed by atoms with Gasteiger partial charge in [0.2, 0.25) is 11.8 Å². The van der Waals surface area contributed by atoms with Crippen molar-refractivity contribution in [1.29, 1.82) is 0 Å². The smallest absolute Gasteiger partial charge is 0.275 e. The summed E-state index contributed by atoms with van der Waals surface area (Å²) in [5, 5.41) is 10.2. The zero-order valence-electron chi connectivity index (χ0n) is 25.0. The van der Waals surface area contributed by atoms with Crippen molar-refractivity contribution in [1.82, 2.24) is 39.7 Å². The number of nitrogens with zero attached hydrogens (tertiary/aromatic N) is 6. The lowest BCUT2D eigenvalue weighted by atomic mass is 10.0. The van der Waals surface area contributed by atoms with Crippen molar-refractivity contribution in [3.63, 3.8) is 0 Å². The molecule has 0 saturated heterocycles. The van der Waals surface area contributed by atoms with Crippen molar-refractivity contribution in [3.8, 4) is 22.9 Å². The molecule has 4 heterocycles. The predicted molar refractivity (Wildman–Crippen MR) is 158 cm³/mol. The molecule has 1 aliphatic heterocycles. The molecule has 2 N–H and O–H groups in total. The van der Waals surface area contributed by atoms with Gasteiger partial charge in [0, 0.05) is 48.5 Å². The third kappa shape index (κ3) is 6.45. The molecule has 2 bridgehead atoms. The van der Waals surface area contributed by atoms with Crippen LogP contribution in [-0.4, -0.2) is 86.2 Å². The standard InChI is InChI=1S/C30H36N8O5/c1-18(2)27-29(40)32-9-11-36-10-8-31-28(36)21-6-7-23(42-5)24(15-21)43-13-12-37(17-26(39)34-27)30(41)22-16-25-33-19(3)14-20(4)38(25)35-22/h6-8,10,14-16,18,27H,9,11-13,17H2,1-5H3,(H,32,40)(H,34,39)/t27-/m1/s1. The van der Waals surface area contributed by atoms with Gasteiger partial charge in [-0.1, -0.05) is 13.8 Å². The van der Waals surface area contributed by atoms with E-state index >= 15 is 0 Å². The molecule has 0 saturated carbocycles. The number of rotatable bonds is 3. The van der Waals surface area contributed by atoms with Crippen molar-refractivity contribution in [2.75, 3.05) is 33.4 Å². The topological polar surface area (TPSA) is 145 Å². The molecular weight excluding hydrogens is 552 g/mol. The monoisotopic (exact) mass is 588 g/mol. The Hall–Kier alpha value is -4.94. The lowest BCUT2D eigenvalue weighted by molar-refractivity contribution is -0.130. The molecule has 1 atom stereocenters. The van der Waals surface area contributed by atoms with Gasteiger partial charge in [-0.3, -0.25) is 14.4 Å². The SMILES string of the molecule is COc1ccc2cc1OCCN(C(=O)c1cc3nc(C)cc(C)n3n1)CC(=O)N[C@H](C(C)C)C(=O)NCCn1ccnc1-2. The molecule has 1 aromatic carbocycles. The average molecular weight is 589 g/mol. The molecule has 1 aliphatic rings. The summed E-state index contributed by atoms with van der Waals surface area (Å²) in [4.78, 5) is 50.5. The van der Waals surface area contributed by atoms with Crippen LogP contribution >= 0.6 is 0 Å². The summed E-state index contributed by atoms with van der Waals surface area (Å²) in [5.74, 6) is 0.241. The fraction of sp³-hybridized carbons (Fsp3) is 0.400. The quantitative estimate of drug-likeness (QED) is 0.370. The lowest BCUT2D eigenvalue weighted by Crippen LogP contribution is -2.53. The number of carbonyl (C=O) groups excluding carboxylic acids is 3. The molecule has 0 fully saturated rings. The highest BCUT2D eigenvalue weighted by molar-refractivity contribution is 5.96. The number of benzene rings is 1. The number of aromatic nitrogens is 5. The first kappa shape index (κ1) is 29.5. The van der Waals surface area contributed by atoms with Crippen LogP contribution < -0.4 is 20.1 Å². The van der Waals surface area contributed by atoms with Crippen LogP contribution in [0.4, 0.5) is 0 Å². The van der Waals surface area contributed by atoms with Crippen LogP contribution in [0.25, 0.3) is 17.0 Å². The van der Waals surface area contributed by atoms with Crippen LogP contribution in [0.1, 0.15) is 35.7 Å². The molecule has 0 spiro atoms. The van der Waals surface area contributed by atoms with Crippen molar-refractivity contribution in [2.24, 2.45) is 5.92 Å². The molecule has 0 aliphatic carbocycles. The van der Waals surface area contributed by atoms with Crippen LogP contribution in [-0.2, 0) is 16.1 Å². The van der Waals surface area contributed by atoms with E-state index in [0.29, 0.717) is 36.1 Å². The third-order valence-corrected chi connectivity index (χ3v) is 7.25. The van der Waals surface area contributed by atoms with Crippen molar-refractivity contribution < 1.29 is 23.9 Å². The molecule has 43 heavy (non-hydrogen) atoms. The van der Waals surface area contributed by atoms with Crippen LogP contribution in [0.2, 0.25) is 0 Å². The Bertz CT molecular complexity index is 1660. The Morgan fingerprint density at radius 2 is 1.95 bits per heavy atom. The number of nitrogens with one attached hydrogen (secondary N) is 2. The van der Waals surface area contributed by atoms with E-state index in [-0.39, 0.29) is 37.2 Å². The van der Waals surface area contributed by atoms with E-state index in [9.17, 15) is 14.4 Å². The minimum atomic E-state index is -0.789. The number of ether oxygens (including phenoxy) is 2. The molecule has 0 radical (unpaired) electrons. The van der Waals surface area contributed by atoms with Gasteiger partial charge in [0.05, 0.1) is 13.7 Å². The van der Waals surface area contributed by atoms with Crippen LogP contribution in [0.5, 0.6) is 11.5 Å². The number of carbonyl (C=O) groups is 3. The summed E-state index contributed by atoms with van der Waals surface area (Å²) in [7, 11) is 1.55. The number of hydrogen-bond acceptors (Lipinski definition) is 8. The summed E-state index contributed by atoms with van der Waals surface area (Å²) in [6.45, 7) is 8.07. The van der Waals surface area contributed by atoms with Crippen molar-refractivity contribution >= 4 is 23.4 Å². The van der Waals surface area contributed by atoms with E-state index < -0.39 is 17.9 Å². The van der Waals surface area contributed by atoms with E-state index in [0.717, 1.165) is 17.0 Å². The molecule has 226 valence electrons. The number of methoxy groups -OCH3 is 1. The molecule has 3 aromatic heterocycles. The predicted octanol–water partition coefficient (Wildman–Crippen LogP) is 2.01.